The van der Waals surface area contributed by atoms with Gasteiger partial charge < -0.3 is 5.32 Å². The Morgan fingerprint density at radius 1 is 1.69 bits per heavy atom. The van der Waals surface area contributed by atoms with Crippen LogP contribution in [-0.2, 0) is 0 Å². The molecule has 2 radical (unpaired) electrons. The highest BCUT2D eigenvalue weighted by atomic mass is 16.6. The van der Waals surface area contributed by atoms with Crippen molar-refractivity contribution in [3.63, 3.8) is 0 Å². The molecule has 2 N–H and O–H groups in total. The molecule has 0 atom stereocenters. The van der Waals surface area contributed by atoms with Crippen LogP contribution in [0.4, 0.5) is 11.5 Å². The van der Waals surface area contributed by atoms with Crippen molar-refractivity contribution in [2.75, 3.05) is 11.9 Å². The third kappa shape index (κ3) is 2.68. The molecule has 0 aliphatic rings. The summed E-state index contributed by atoms with van der Waals surface area (Å²) >= 11 is 0. The molecule has 0 bridgehead atoms. The summed E-state index contributed by atoms with van der Waals surface area (Å²) in [4.78, 5) is 13.5. The van der Waals surface area contributed by atoms with Gasteiger partial charge in [0.1, 0.15) is 12.0 Å². The topological polar surface area (TPSA) is 91.9 Å². The molecule has 1 aromatic heterocycles. The van der Waals surface area contributed by atoms with Gasteiger partial charge in [0.25, 0.3) is 5.69 Å². The predicted molar refractivity (Wildman–Crippen MR) is 46.8 cm³/mol. The van der Waals surface area contributed by atoms with Crippen molar-refractivity contribution in [1.29, 1.82) is 0 Å². The normalized spacial score (nSPS) is 9.62. The third-order valence-electron chi connectivity index (χ3n) is 1.31. The van der Waals surface area contributed by atoms with E-state index in [1.807, 2.05) is 0 Å². The van der Waals surface area contributed by atoms with Gasteiger partial charge in [-0.1, -0.05) is 0 Å². The van der Waals surface area contributed by atoms with Crippen LogP contribution in [0.2, 0.25) is 0 Å². The van der Waals surface area contributed by atoms with E-state index in [1.54, 1.807) is 0 Å². The average molecular weight is 180 g/mol. The van der Waals surface area contributed by atoms with Crippen LogP contribution >= 0.6 is 0 Å². The van der Waals surface area contributed by atoms with E-state index in [9.17, 15) is 10.1 Å². The molecule has 0 saturated carbocycles. The summed E-state index contributed by atoms with van der Waals surface area (Å²) in [5, 5.41) is 12.9. The summed E-state index contributed by atoms with van der Waals surface area (Å²) in [6, 6.07) is 2.84. The highest BCUT2D eigenvalue weighted by Gasteiger charge is 2.04. The fraction of sp³-hybridized carbons (Fsp3) is 0.143. The van der Waals surface area contributed by atoms with Crippen LogP contribution in [0.1, 0.15) is 0 Å². The fourth-order valence-corrected chi connectivity index (χ4v) is 0.735. The summed E-state index contributed by atoms with van der Waals surface area (Å²) in [6.07, 6.45) is 1.17. The number of aromatic nitrogens is 1. The van der Waals surface area contributed by atoms with Gasteiger partial charge in [0.15, 0.2) is 0 Å². The van der Waals surface area contributed by atoms with Gasteiger partial charge in [-0.2, -0.15) is 0 Å². The number of nitrogens with zero attached hydrogens (tertiary/aromatic N) is 2. The van der Waals surface area contributed by atoms with E-state index in [4.69, 9.17) is 5.73 Å². The molecule has 1 heterocycles. The van der Waals surface area contributed by atoms with Gasteiger partial charge in [0, 0.05) is 12.6 Å². The maximum Gasteiger partial charge on any atom is 0.287 e. The van der Waals surface area contributed by atoms with Crippen molar-refractivity contribution in [3.05, 3.63) is 35.0 Å². The van der Waals surface area contributed by atoms with E-state index in [2.05, 4.69) is 10.3 Å². The van der Waals surface area contributed by atoms with Crippen LogP contribution < -0.4 is 11.1 Å². The van der Waals surface area contributed by atoms with E-state index in [1.165, 1.54) is 24.9 Å². The molecule has 0 saturated heterocycles. The summed E-state index contributed by atoms with van der Waals surface area (Å²) in [5.74, 6) is 0.498. The van der Waals surface area contributed by atoms with Crippen LogP contribution in [0.15, 0.2) is 18.3 Å². The maximum absolute atomic E-state index is 10.2. The van der Waals surface area contributed by atoms with Crippen LogP contribution in [0.3, 0.4) is 0 Å². The summed E-state index contributed by atoms with van der Waals surface area (Å²) < 4.78 is 0. The number of rotatable bonds is 4. The highest BCUT2D eigenvalue weighted by Crippen LogP contribution is 2.11. The Bertz CT molecular complexity index is 285. The maximum atomic E-state index is 10.2. The molecule has 0 spiro atoms. The molecule has 68 valence electrons. The molecule has 6 nitrogen and oxygen atoms in total. The molecule has 0 unspecified atom stereocenters. The van der Waals surface area contributed by atoms with Gasteiger partial charge >= 0.3 is 0 Å². The number of nitro groups is 1. The van der Waals surface area contributed by atoms with Crippen molar-refractivity contribution < 1.29 is 4.92 Å². The Morgan fingerprint density at radius 3 is 2.92 bits per heavy atom. The van der Waals surface area contributed by atoms with Gasteiger partial charge in [-0.15, -0.1) is 0 Å². The Kier molecular flexibility index (Phi) is 3.15. The predicted octanol–water partition coefficient (Wildman–Crippen LogP) is 0.846. The first kappa shape index (κ1) is 9.40. The third-order valence-corrected chi connectivity index (χ3v) is 1.31. The van der Waals surface area contributed by atoms with Crippen molar-refractivity contribution in [3.8, 4) is 0 Å². The molecule has 1 aromatic rings. The zero-order valence-electron chi connectivity index (χ0n) is 6.73. The Hall–Kier alpha value is -1.69. The lowest BCUT2D eigenvalue weighted by molar-refractivity contribution is -0.385. The van der Waals surface area contributed by atoms with Gasteiger partial charge in [0.05, 0.1) is 11.5 Å². The van der Waals surface area contributed by atoms with Crippen molar-refractivity contribution >= 4 is 11.5 Å². The molecule has 1 rings (SSSR count). The van der Waals surface area contributed by atoms with Gasteiger partial charge in [-0.05, 0) is 6.07 Å². The first-order chi connectivity index (χ1) is 6.24. The SMILES string of the molecule is [NH]C[CH]Nc1ccc([N+](=O)[O-])cn1. The minimum Gasteiger partial charge on any atom is -0.364 e. The van der Waals surface area contributed by atoms with E-state index < -0.39 is 4.92 Å². The van der Waals surface area contributed by atoms with E-state index in [0.29, 0.717) is 5.82 Å². The molecule has 13 heavy (non-hydrogen) atoms. The number of hydrogen-bond acceptors (Lipinski definition) is 4. The van der Waals surface area contributed by atoms with Crippen molar-refractivity contribution in [1.82, 2.24) is 10.7 Å². The lowest BCUT2D eigenvalue weighted by Crippen LogP contribution is -2.01. The molecular weight excluding hydrogens is 172 g/mol. The van der Waals surface area contributed by atoms with Crippen LogP contribution in [0.25, 0.3) is 0 Å². The summed E-state index contributed by atoms with van der Waals surface area (Å²) in [6.45, 7) is 1.62. The molecule has 0 amide bonds. The Labute approximate surface area is 74.9 Å². The number of hydrogen-bond donors (Lipinski definition) is 1. The highest BCUT2D eigenvalue weighted by molar-refractivity contribution is 5.41. The Morgan fingerprint density at radius 2 is 2.46 bits per heavy atom. The summed E-state index contributed by atoms with van der Waals surface area (Å²) in [7, 11) is 0. The zero-order chi connectivity index (χ0) is 9.68. The van der Waals surface area contributed by atoms with E-state index in [-0.39, 0.29) is 12.2 Å². The molecule has 0 aromatic carbocycles. The van der Waals surface area contributed by atoms with Crippen LogP contribution in [0.5, 0.6) is 0 Å². The number of pyridine rings is 1. The van der Waals surface area contributed by atoms with Crippen LogP contribution in [0, 0.1) is 16.7 Å². The first-order valence-electron chi connectivity index (χ1n) is 3.57. The van der Waals surface area contributed by atoms with Gasteiger partial charge in [0.2, 0.25) is 0 Å². The van der Waals surface area contributed by atoms with Gasteiger partial charge in [-0.25, -0.2) is 4.98 Å². The molecule has 0 fully saturated rings. The monoisotopic (exact) mass is 180 g/mol. The number of nitrogens with one attached hydrogen (secondary N) is 2. The van der Waals surface area contributed by atoms with E-state index >= 15 is 0 Å². The minimum atomic E-state index is -0.509. The standard InChI is InChI=1S/C7H8N4O2/c8-3-4-9-7-2-1-6(5-10-7)11(12)13/h1-2,4-5,8H,3H2,(H,9,10). The van der Waals surface area contributed by atoms with E-state index in [0.717, 1.165) is 0 Å². The molecule has 6 heteroatoms. The minimum absolute atomic E-state index is 0.0450. The number of anilines is 1. The first-order valence-corrected chi connectivity index (χ1v) is 3.57. The second kappa shape index (κ2) is 4.36. The molecule has 0 aliphatic heterocycles. The smallest absolute Gasteiger partial charge is 0.287 e. The fourth-order valence-electron chi connectivity index (χ4n) is 0.735. The van der Waals surface area contributed by atoms with Gasteiger partial charge in [-0.3, -0.25) is 15.8 Å². The quantitative estimate of drug-likeness (QED) is 0.549. The molecule has 0 aliphatic carbocycles. The van der Waals surface area contributed by atoms with Crippen molar-refractivity contribution in [2.24, 2.45) is 0 Å². The van der Waals surface area contributed by atoms with Crippen molar-refractivity contribution in [2.45, 2.75) is 0 Å². The van der Waals surface area contributed by atoms with Crippen LogP contribution in [-0.4, -0.2) is 16.5 Å². The molecular formula is C7H8N4O2. The average Bonchev–Trinajstić information content (AvgIpc) is 2.15. The largest absolute Gasteiger partial charge is 0.364 e. The summed E-state index contributed by atoms with van der Waals surface area (Å²) in [5.41, 5.74) is 6.76. The lowest BCUT2D eigenvalue weighted by Gasteiger charge is -2.00. The zero-order valence-corrected chi connectivity index (χ0v) is 6.73. The lowest BCUT2D eigenvalue weighted by atomic mass is 10.4. The Balaban J connectivity index is 2.64. The second-order valence-electron chi connectivity index (χ2n) is 2.21. The second-order valence-corrected chi connectivity index (χ2v) is 2.21.